The lowest BCUT2D eigenvalue weighted by atomic mass is 9.75. The highest BCUT2D eigenvalue weighted by molar-refractivity contribution is 5.48. The number of benzene rings is 1. The van der Waals surface area contributed by atoms with Crippen molar-refractivity contribution in [2.45, 2.75) is 65.9 Å². The van der Waals surface area contributed by atoms with E-state index in [9.17, 15) is 0 Å². The second-order valence-electron chi connectivity index (χ2n) is 7.78. The van der Waals surface area contributed by atoms with E-state index in [4.69, 9.17) is 15.2 Å². The van der Waals surface area contributed by atoms with Crippen LogP contribution in [0.2, 0.25) is 0 Å². The number of hydrogen-bond donors (Lipinski definition) is 1. The standard InChI is InChI=1S/C24H37NO2/c1-6-27-24-14-17(2)23(18(3)19(24)4)16-21(10-7-8-13-25)20-11-9-12-22(15-20)26-5/h7-8,10,13-14,20-22H,6,9,11-12,15-16,25H2,1-5H3/b10-7-,13-8-. The van der Waals surface area contributed by atoms with Gasteiger partial charge in [0.1, 0.15) is 5.75 Å². The molecular formula is C24H37NO2. The molecule has 0 heterocycles. The third-order valence-corrected chi connectivity index (χ3v) is 6.13. The molecule has 1 aromatic rings. The van der Waals surface area contributed by atoms with Crippen molar-refractivity contribution < 1.29 is 9.47 Å². The molecular weight excluding hydrogens is 334 g/mol. The quantitative estimate of drug-likeness (QED) is 0.622. The zero-order valence-electron chi connectivity index (χ0n) is 17.8. The molecule has 3 heteroatoms. The highest BCUT2D eigenvalue weighted by Gasteiger charge is 2.28. The summed E-state index contributed by atoms with van der Waals surface area (Å²) in [5.41, 5.74) is 11.0. The Kier molecular flexibility index (Phi) is 8.43. The van der Waals surface area contributed by atoms with Crippen LogP contribution in [-0.2, 0) is 11.2 Å². The average Bonchev–Trinajstić information content (AvgIpc) is 2.68. The molecule has 0 aromatic heterocycles. The average molecular weight is 372 g/mol. The van der Waals surface area contributed by atoms with E-state index in [-0.39, 0.29) is 0 Å². The molecule has 0 aliphatic heterocycles. The minimum absolute atomic E-state index is 0.397. The molecule has 1 aliphatic carbocycles. The van der Waals surface area contributed by atoms with Gasteiger partial charge in [0.2, 0.25) is 0 Å². The Bertz CT molecular complexity index is 663. The summed E-state index contributed by atoms with van der Waals surface area (Å²) in [6, 6.07) is 2.21. The van der Waals surface area contributed by atoms with E-state index in [1.165, 1.54) is 41.5 Å². The molecule has 0 radical (unpaired) electrons. The third kappa shape index (κ3) is 5.62. The number of nitrogens with two attached hydrogens (primary N) is 1. The topological polar surface area (TPSA) is 44.5 Å². The van der Waals surface area contributed by atoms with Gasteiger partial charge >= 0.3 is 0 Å². The van der Waals surface area contributed by atoms with Gasteiger partial charge < -0.3 is 15.2 Å². The van der Waals surface area contributed by atoms with E-state index < -0.39 is 0 Å². The minimum Gasteiger partial charge on any atom is -0.494 e. The summed E-state index contributed by atoms with van der Waals surface area (Å²) in [6.45, 7) is 9.37. The number of aryl methyl sites for hydroxylation is 1. The Morgan fingerprint density at radius 1 is 1.19 bits per heavy atom. The smallest absolute Gasteiger partial charge is 0.122 e. The second-order valence-corrected chi connectivity index (χ2v) is 7.78. The maximum Gasteiger partial charge on any atom is 0.122 e. The normalized spacial score (nSPS) is 21.8. The number of hydrogen-bond acceptors (Lipinski definition) is 3. The van der Waals surface area contributed by atoms with Gasteiger partial charge in [-0.05, 0) is 106 Å². The lowest BCUT2D eigenvalue weighted by Crippen LogP contribution is -2.27. The van der Waals surface area contributed by atoms with Crippen molar-refractivity contribution in [1.29, 1.82) is 0 Å². The molecule has 3 nitrogen and oxygen atoms in total. The zero-order chi connectivity index (χ0) is 19.8. The van der Waals surface area contributed by atoms with Crippen LogP contribution in [0.5, 0.6) is 5.75 Å². The van der Waals surface area contributed by atoms with Crippen molar-refractivity contribution in [3.05, 3.63) is 52.7 Å². The predicted molar refractivity (Wildman–Crippen MR) is 114 cm³/mol. The lowest BCUT2D eigenvalue weighted by molar-refractivity contribution is 0.0419. The van der Waals surface area contributed by atoms with Gasteiger partial charge in [-0.25, -0.2) is 0 Å². The molecule has 1 aliphatic rings. The first-order valence-corrected chi connectivity index (χ1v) is 10.3. The zero-order valence-corrected chi connectivity index (χ0v) is 17.8. The fraction of sp³-hybridized carbons (Fsp3) is 0.583. The van der Waals surface area contributed by atoms with Crippen molar-refractivity contribution in [2.75, 3.05) is 13.7 Å². The molecule has 27 heavy (non-hydrogen) atoms. The molecule has 1 aromatic carbocycles. The third-order valence-electron chi connectivity index (χ3n) is 6.13. The van der Waals surface area contributed by atoms with E-state index in [0.29, 0.717) is 24.5 Å². The fourth-order valence-electron chi connectivity index (χ4n) is 4.40. The van der Waals surface area contributed by atoms with Gasteiger partial charge in [-0.2, -0.15) is 0 Å². The summed E-state index contributed by atoms with van der Waals surface area (Å²) in [5.74, 6) is 2.16. The summed E-state index contributed by atoms with van der Waals surface area (Å²) in [6.07, 6.45) is 14.3. The molecule has 3 unspecified atom stereocenters. The van der Waals surface area contributed by atoms with Gasteiger partial charge in [0.15, 0.2) is 0 Å². The van der Waals surface area contributed by atoms with Crippen molar-refractivity contribution >= 4 is 0 Å². The molecule has 2 N–H and O–H groups in total. The van der Waals surface area contributed by atoms with Gasteiger partial charge in [0.05, 0.1) is 12.7 Å². The largest absolute Gasteiger partial charge is 0.494 e. The molecule has 0 bridgehead atoms. The van der Waals surface area contributed by atoms with Gasteiger partial charge in [-0.15, -0.1) is 0 Å². The molecule has 0 saturated heterocycles. The van der Waals surface area contributed by atoms with Crippen LogP contribution in [0.4, 0.5) is 0 Å². The van der Waals surface area contributed by atoms with Crippen molar-refractivity contribution in [3.8, 4) is 5.75 Å². The van der Waals surface area contributed by atoms with Crippen LogP contribution in [-0.4, -0.2) is 19.8 Å². The van der Waals surface area contributed by atoms with Crippen LogP contribution in [0.1, 0.15) is 54.9 Å². The predicted octanol–water partition coefficient (Wildman–Crippen LogP) is 5.40. The van der Waals surface area contributed by atoms with Crippen LogP contribution in [0.25, 0.3) is 0 Å². The summed E-state index contributed by atoms with van der Waals surface area (Å²) < 4.78 is 11.5. The highest BCUT2D eigenvalue weighted by atomic mass is 16.5. The summed E-state index contributed by atoms with van der Waals surface area (Å²) >= 11 is 0. The first-order chi connectivity index (χ1) is 13.0. The Labute approximate surface area is 165 Å². The maximum absolute atomic E-state index is 5.83. The first kappa shape index (κ1) is 21.6. The monoisotopic (exact) mass is 371 g/mol. The Balaban J connectivity index is 2.30. The van der Waals surface area contributed by atoms with Crippen LogP contribution in [0, 0.1) is 32.6 Å². The Morgan fingerprint density at radius 3 is 2.63 bits per heavy atom. The van der Waals surface area contributed by atoms with Crippen LogP contribution < -0.4 is 10.5 Å². The van der Waals surface area contributed by atoms with Gasteiger partial charge in [0.25, 0.3) is 0 Å². The van der Waals surface area contributed by atoms with E-state index in [2.05, 4.69) is 39.0 Å². The Morgan fingerprint density at radius 2 is 1.96 bits per heavy atom. The maximum atomic E-state index is 5.83. The number of methoxy groups -OCH3 is 1. The molecule has 2 rings (SSSR count). The summed E-state index contributed by atoms with van der Waals surface area (Å²) in [7, 11) is 1.85. The van der Waals surface area contributed by atoms with Crippen LogP contribution in [0.3, 0.4) is 0 Å². The fourth-order valence-corrected chi connectivity index (χ4v) is 4.40. The van der Waals surface area contributed by atoms with Crippen LogP contribution in [0.15, 0.2) is 30.5 Å². The molecule has 0 amide bonds. The van der Waals surface area contributed by atoms with E-state index >= 15 is 0 Å². The molecule has 150 valence electrons. The summed E-state index contributed by atoms with van der Waals surface area (Å²) in [5, 5.41) is 0. The second kappa shape index (κ2) is 10.6. The SMILES string of the molecule is CCOc1cc(C)c(CC(/C=C\C=C/N)C2CCCC(OC)C2)c(C)c1C. The first-order valence-electron chi connectivity index (χ1n) is 10.3. The van der Waals surface area contributed by atoms with Crippen molar-refractivity contribution in [2.24, 2.45) is 17.6 Å². The van der Waals surface area contributed by atoms with E-state index in [1.54, 1.807) is 6.20 Å². The van der Waals surface area contributed by atoms with Gasteiger partial charge in [-0.3, -0.25) is 0 Å². The van der Waals surface area contributed by atoms with Gasteiger partial charge in [-0.1, -0.05) is 18.6 Å². The van der Waals surface area contributed by atoms with Crippen molar-refractivity contribution in [1.82, 2.24) is 0 Å². The minimum atomic E-state index is 0.397. The summed E-state index contributed by atoms with van der Waals surface area (Å²) in [4.78, 5) is 0. The molecule has 3 atom stereocenters. The number of allylic oxidation sites excluding steroid dienone is 3. The Hall–Kier alpha value is -1.74. The molecule has 0 spiro atoms. The highest BCUT2D eigenvalue weighted by Crippen LogP contribution is 2.36. The number of ether oxygens (including phenoxy) is 2. The molecule has 1 saturated carbocycles. The van der Waals surface area contributed by atoms with Gasteiger partial charge in [0, 0.05) is 7.11 Å². The van der Waals surface area contributed by atoms with E-state index in [0.717, 1.165) is 18.6 Å². The molecule has 1 fully saturated rings. The van der Waals surface area contributed by atoms with E-state index in [1.807, 2.05) is 20.1 Å². The number of rotatable bonds is 8. The lowest BCUT2D eigenvalue weighted by Gasteiger charge is -2.33. The van der Waals surface area contributed by atoms with Crippen LogP contribution >= 0.6 is 0 Å². The van der Waals surface area contributed by atoms with Crippen molar-refractivity contribution in [3.63, 3.8) is 0 Å².